The molecule has 2 aliphatic heterocycles. The van der Waals surface area contributed by atoms with E-state index in [-0.39, 0.29) is 23.9 Å². The van der Waals surface area contributed by atoms with Crippen LogP contribution in [0, 0.1) is 5.92 Å². The highest BCUT2D eigenvalue weighted by molar-refractivity contribution is 6.30. The molecule has 8 heteroatoms. The highest BCUT2D eigenvalue weighted by atomic mass is 35.5. The molecule has 5 rings (SSSR count). The van der Waals surface area contributed by atoms with Crippen LogP contribution in [0.1, 0.15) is 29.5 Å². The predicted molar refractivity (Wildman–Crippen MR) is 118 cm³/mol. The summed E-state index contributed by atoms with van der Waals surface area (Å²) in [7, 11) is 0. The van der Waals surface area contributed by atoms with Gasteiger partial charge in [-0.3, -0.25) is 9.69 Å². The zero-order valence-corrected chi connectivity index (χ0v) is 18.3. The molecule has 1 saturated heterocycles. The van der Waals surface area contributed by atoms with E-state index in [1.165, 1.54) is 6.07 Å². The second kappa shape index (κ2) is 8.27. The van der Waals surface area contributed by atoms with Crippen molar-refractivity contribution >= 4 is 23.2 Å². The van der Waals surface area contributed by atoms with Gasteiger partial charge in [-0.15, -0.1) is 0 Å². The zero-order valence-electron chi connectivity index (χ0n) is 17.5. The number of nitrogens with one attached hydrogen (secondary N) is 1. The summed E-state index contributed by atoms with van der Waals surface area (Å²) in [6, 6.07) is 11.8. The molecule has 4 nitrogen and oxygen atoms in total. The van der Waals surface area contributed by atoms with E-state index in [4.69, 9.17) is 11.6 Å². The number of alkyl halides is 3. The molecule has 2 fully saturated rings. The molecule has 0 spiro atoms. The number of carbonyl (C=O) groups is 1. The molecule has 170 valence electrons. The molecule has 3 aliphatic rings. The molecule has 2 aromatic rings. The quantitative estimate of drug-likeness (QED) is 0.725. The second-order valence-electron chi connectivity index (χ2n) is 9.06. The third-order valence-corrected chi connectivity index (χ3v) is 6.96. The minimum absolute atomic E-state index is 0.0427. The smallest absolute Gasteiger partial charge is 0.365 e. The van der Waals surface area contributed by atoms with Gasteiger partial charge in [0.15, 0.2) is 0 Å². The monoisotopic (exact) mass is 463 g/mol. The van der Waals surface area contributed by atoms with E-state index in [2.05, 4.69) is 15.1 Å². The van der Waals surface area contributed by atoms with Gasteiger partial charge in [0.05, 0.1) is 17.5 Å². The van der Waals surface area contributed by atoms with Crippen molar-refractivity contribution < 1.29 is 18.0 Å². The van der Waals surface area contributed by atoms with Crippen molar-refractivity contribution in [2.45, 2.75) is 44.1 Å². The Balaban J connectivity index is 1.41. The first-order chi connectivity index (χ1) is 15.3. The van der Waals surface area contributed by atoms with Crippen LogP contribution in [-0.4, -0.2) is 42.5 Å². The number of fused-ring (bicyclic) bond motifs is 3. The Morgan fingerprint density at radius 2 is 1.84 bits per heavy atom. The van der Waals surface area contributed by atoms with E-state index >= 15 is 0 Å². The molecule has 32 heavy (non-hydrogen) atoms. The standard InChI is InChI=1S/C24H25ClF3N3O/c25-18-4-1-15(2-5-18)13-30-9-10-31-21-8-3-17(24(26,27)28)11-16(21)12-20(22(31)14-30)23(32)29-19-6-7-19/h1-5,8,11,19-20,22H,6-7,9-10,12-14H2,(H,29,32)/t20-,22-/m1/s1. The average molecular weight is 464 g/mol. The van der Waals surface area contributed by atoms with Crippen molar-refractivity contribution in [3.8, 4) is 0 Å². The second-order valence-corrected chi connectivity index (χ2v) is 9.49. The van der Waals surface area contributed by atoms with Crippen LogP contribution in [0.2, 0.25) is 5.02 Å². The minimum atomic E-state index is -4.39. The number of nitrogens with zero attached hydrogens (tertiary/aromatic N) is 2. The van der Waals surface area contributed by atoms with Gasteiger partial charge in [-0.25, -0.2) is 0 Å². The van der Waals surface area contributed by atoms with Gasteiger partial charge in [0.2, 0.25) is 5.91 Å². The maximum absolute atomic E-state index is 13.3. The summed E-state index contributed by atoms with van der Waals surface area (Å²) in [5.41, 5.74) is 1.92. The van der Waals surface area contributed by atoms with Crippen LogP contribution in [0.15, 0.2) is 42.5 Å². The maximum atomic E-state index is 13.3. The van der Waals surface area contributed by atoms with Gasteiger partial charge in [-0.05, 0) is 60.7 Å². The zero-order chi connectivity index (χ0) is 22.5. The minimum Gasteiger partial charge on any atom is -0.365 e. The first-order valence-electron chi connectivity index (χ1n) is 11.0. The first kappa shape index (κ1) is 21.6. The summed E-state index contributed by atoms with van der Waals surface area (Å²) in [4.78, 5) is 17.6. The molecule has 0 radical (unpaired) electrons. The van der Waals surface area contributed by atoms with Gasteiger partial charge >= 0.3 is 6.18 Å². The summed E-state index contributed by atoms with van der Waals surface area (Å²) >= 11 is 6.00. The van der Waals surface area contributed by atoms with E-state index in [0.717, 1.165) is 43.2 Å². The molecule has 2 aromatic carbocycles. The number of piperazine rings is 1. The summed E-state index contributed by atoms with van der Waals surface area (Å²) in [6.45, 7) is 2.88. The van der Waals surface area contributed by atoms with E-state index in [9.17, 15) is 18.0 Å². The maximum Gasteiger partial charge on any atom is 0.416 e. The molecule has 1 saturated carbocycles. The van der Waals surface area contributed by atoms with Gasteiger partial charge in [0, 0.05) is 42.9 Å². The third-order valence-electron chi connectivity index (χ3n) is 6.70. The van der Waals surface area contributed by atoms with Crippen molar-refractivity contribution in [3.63, 3.8) is 0 Å². The number of amides is 1. The number of anilines is 1. The largest absolute Gasteiger partial charge is 0.416 e. The van der Waals surface area contributed by atoms with Crippen molar-refractivity contribution in [2.75, 3.05) is 24.5 Å². The van der Waals surface area contributed by atoms with Crippen LogP contribution in [0.4, 0.5) is 18.9 Å². The normalized spacial score (nSPS) is 23.4. The number of rotatable bonds is 4. The van der Waals surface area contributed by atoms with E-state index in [1.807, 2.05) is 24.3 Å². The van der Waals surface area contributed by atoms with Gasteiger partial charge in [-0.1, -0.05) is 23.7 Å². The van der Waals surface area contributed by atoms with Gasteiger partial charge < -0.3 is 10.2 Å². The van der Waals surface area contributed by atoms with Crippen LogP contribution in [0.5, 0.6) is 0 Å². The number of halogens is 4. The van der Waals surface area contributed by atoms with Crippen LogP contribution in [-0.2, 0) is 23.9 Å². The van der Waals surface area contributed by atoms with Crippen molar-refractivity contribution in [1.29, 1.82) is 0 Å². The lowest BCUT2D eigenvalue weighted by Crippen LogP contribution is -2.61. The highest BCUT2D eigenvalue weighted by Crippen LogP contribution is 2.40. The molecule has 0 unspecified atom stereocenters. The van der Waals surface area contributed by atoms with E-state index in [1.54, 1.807) is 6.07 Å². The lowest BCUT2D eigenvalue weighted by atomic mass is 9.82. The lowest BCUT2D eigenvalue weighted by molar-refractivity contribution is -0.137. The van der Waals surface area contributed by atoms with Crippen molar-refractivity contribution in [3.05, 3.63) is 64.2 Å². The van der Waals surface area contributed by atoms with E-state index < -0.39 is 11.7 Å². The Hall–Kier alpha value is -2.25. The van der Waals surface area contributed by atoms with Gasteiger partial charge in [0.25, 0.3) is 0 Å². The number of hydrogen-bond acceptors (Lipinski definition) is 3. The van der Waals surface area contributed by atoms with Crippen LogP contribution >= 0.6 is 11.6 Å². The Labute approximate surface area is 190 Å². The third kappa shape index (κ3) is 4.46. The molecule has 1 amide bonds. The molecule has 1 N–H and O–H groups in total. The molecular weight excluding hydrogens is 439 g/mol. The molecule has 2 atom stereocenters. The van der Waals surface area contributed by atoms with Crippen LogP contribution in [0.25, 0.3) is 0 Å². The Kier molecular flexibility index (Phi) is 5.58. The topological polar surface area (TPSA) is 35.6 Å². The number of hydrogen-bond donors (Lipinski definition) is 1. The first-order valence-corrected chi connectivity index (χ1v) is 11.4. The molecule has 0 bridgehead atoms. The SMILES string of the molecule is O=C(NC1CC1)[C@@H]1Cc2cc(C(F)(F)F)ccc2N2CCN(Cc3ccc(Cl)cc3)C[C@H]12. The summed E-state index contributed by atoms with van der Waals surface area (Å²) < 4.78 is 39.9. The van der Waals surface area contributed by atoms with Gasteiger partial charge in [-0.2, -0.15) is 13.2 Å². The fourth-order valence-corrected chi connectivity index (χ4v) is 5.01. The van der Waals surface area contributed by atoms with E-state index in [0.29, 0.717) is 30.1 Å². The highest BCUT2D eigenvalue weighted by Gasteiger charge is 2.43. The van der Waals surface area contributed by atoms with Gasteiger partial charge in [0.1, 0.15) is 0 Å². The Morgan fingerprint density at radius 1 is 1.09 bits per heavy atom. The molecular formula is C24H25ClF3N3O. The molecule has 0 aromatic heterocycles. The van der Waals surface area contributed by atoms with Crippen molar-refractivity contribution in [2.24, 2.45) is 5.92 Å². The van der Waals surface area contributed by atoms with Crippen LogP contribution in [0.3, 0.4) is 0 Å². The Bertz CT molecular complexity index is 1010. The van der Waals surface area contributed by atoms with Crippen molar-refractivity contribution in [1.82, 2.24) is 10.2 Å². The number of carbonyl (C=O) groups excluding carboxylic acids is 1. The molecule has 1 aliphatic carbocycles. The predicted octanol–water partition coefficient (Wildman–Crippen LogP) is 4.50. The summed E-state index contributed by atoms with van der Waals surface area (Å²) in [5.74, 6) is -0.418. The summed E-state index contributed by atoms with van der Waals surface area (Å²) in [5, 5.41) is 3.77. The number of benzene rings is 2. The molecule has 2 heterocycles. The lowest BCUT2D eigenvalue weighted by Gasteiger charge is -2.49. The fourth-order valence-electron chi connectivity index (χ4n) is 4.89. The van der Waals surface area contributed by atoms with Crippen LogP contribution < -0.4 is 10.2 Å². The fraction of sp³-hybridized carbons (Fsp3) is 0.458. The Morgan fingerprint density at radius 3 is 2.53 bits per heavy atom. The summed E-state index contributed by atoms with van der Waals surface area (Å²) in [6.07, 6.45) is -2.11. The average Bonchev–Trinajstić information content (AvgIpc) is 3.57.